The lowest BCUT2D eigenvalue weighted by Gasteiger charge is -2.33. The summed E-state index contributed by atoms with van der Waals surface area (Å²) in [4.78, 5) is 17.3. The quantitative estimate of drug-likeness (QED) is 0.709. The van der Waals surface area contributed by atoms with Gasteiger partial charge in [-0.1, -0.05) is 27.7 Å². The molecule has 3 heteroatoms. The van der Waals surface area contributed by atoms with E-state index in [0.717, 1.165) is 13.1 Å². The monoisotopic (exact) mass is 250 g/mol. The van der Waals surface area contributed by atoms with E-state index in [9.17, 15) is 4.79 Å². The second kappa shape index (κ2) is 3.50. The first kappa shape index (κ1) is 12.5. The summed E-state index contributed by atoms with van der Waals surface area (Å²) < 4.78 is 0. The van der Waals surface area contributed by atoms with Crippen molar-refractivity contribution in [2.75, 3.05) is 26.7 Å². The first-order valence-corrected chi connectivity index (χ1v) is 7.24. The van der Waals surface area contributed by atoms with Gasteiger partial charge in [0.2, 0.25) is 5.91 Å². The minimum Gasteiger partial charge on any atom is -0.341 e. The fourth-order valence-corrected chi connectivity index (χ4v) is 4.36. The van der Waals surface area contributed by atoms with Gasteiger partial charge >= 0.3 is 0 Å². The van der Waals surface area contributed by atoms with Crippen molar-refractivity contribution in [2.45, 2.75) is 40.2 Å². The fraction of sp³-hybridized carbons (Fsp3) is 0.933. The van der Waals surface area contributed by atoms with Gasteiger partial charge in [0.1, 0.15) is 0 Å². The van der Waals surface area contributed by atoms with Crippen molar-refractivity contribution in [3.05, 3.63) is 0 Å². The molecule has 0 aromatic heterocycles. The Morgan fingerprint density at radius 3 is 2.17 bits per heavy atom. The average molecular weight is 250 g/mol. The number of carbonyl (C=O) groups excluding carboxylic acids is 1. The van der Waals surface area contributed by atoms with Crippen LogP contribution >= 0.6 is 0 Å². The molecule has 0 radical (unpaired) electrons. The van der Waals surface area contributed by atoms with Crippen LogP contribution < -0.4 is 0 Å². The van der Waals surface area contributed by atoms with Crippen molar-refractivity contribution in [1.29, 1.82) is 0 Å². The lowest BCUT2D eigenvalue weighted by atomic mass is 9.99. The highest BCUT2D eigenvalue weighted by Crippen LogP contribution is 2.68. The zero-order chi connectivity index (χ0) is 13.3. The average Bonchev–Trinajstić information content (AvgIpc) is 2.52. The third-order valence-electron chi connectivity index (χ3n) is 6.26. The van der Waals surface area contributed by atoms with E-state index >= 15 is 0 Å². The van der Waals surface area contributed by atoms with Crippen LogP contribution in [0.25, 0.3) is 0 Å². The molecule has 2 heterocycles. The Balaban J connectivity index is 1.72. The Labute approximate surface area is 111 Å². The topological polar surface area (TPSA) is 23.6 Å². The first-order valence-electron chi connectivity index (χ1n) is 7.24. The van der Waals surface area contributed by atoms with Gasteiger partial charge in [0.05, 0.1) is 0 Å². The van der Waals surface area contributed by atoms with Crippen molar-refractivity contribution in [3.8, 4) is 0 Å². The molecular formula is C15H26N2O. The standard InChI is InChI=1S/C15H26N2O/c1-14(2)12(15(14,3)4)13(18)17-8-10-6-11(9-17)16(5)7-10/h10-12H,6-9H2,1-5H3. The second-order valence-electron chi connectivity index (χ2n) is 7.81. The van der Waals surface area contributed by atoms with E-state index in [-0.39, 0.29) is 16.7 Å². The Kier molecular flexibility index (Phi) is 2.42. The van der Waals surface area contributed by atoms with E-state index in [4.69, 9.17) is 0 Å². The molecule has 0 N–H and O–H groups in total. The van der Waals surface area contributed by atoms with Gasteiger partial charge < -0.3 is 9.80 Å². The molecular weight excluding hydrogens is 224 g/mol. The Morgan fingerprint density at radius 1 is 1.06 bits per heavy atom. The number of likely N-dealkylation sites (tertiary alicyclic amines) is 2. The van der Waals surface area contributed by atoms with E-state index in [1.165, 1.54) is 13.0 Å². The maximum atomic E-state index is 12.7. The summed E-state index contributed by atoms with van der Waals surface area (Å²) in [5, 5.41) is 0. The molecule has 2 aliphatic heterocycles. The van der Waals surface area contributed by atoms with Gasteiger partial charge in [-0.25, -0.2) is 0 Å². The molecule has 1 saturated carbocycles. The van der Waals surface area contributed by atoms with Crippen LogP contribution in [0.4, 0.5) is 0 Å². The molecule has 3 nitrogen and oxygen atoms in total. The summed E-state index contributed by atoms with van der Waals surface area (Å²) in [5.74, 6) is 1.35. The molecule has 1 amide bonds. The van der Waals surface area contributed by atoms with Gasteiger partial charge in [0, 0.05) is 31.6 Å². The summed E-state index contributed by atoms with van der Waals surface area (Å²) >= 11 is 0. The Hall–Kier alpha value is -0.570. The largest absolute Gasteiger partial charge is 0.341 e. The van der Waals surface area contributed by atoms with Crippen LogP contribution in [0.5, 0.6) is 0 Å². The number of nitrogens with zero attached hydrogens (tertiary/aromatic N) is 2. The van der Waals surface area contributed by atoms with Crippen molar-refractivity contribution >= 4 is 5.91 Å². The highest BCUT2D eigenvalue weighted by atomic mass is 16.2. The lowest BCUT2D eigenvalue weighted by molar-refractivity contribution is -0.135. The zero-order valence-electron chi connectivity index (χ0n) is 12.4. The highest BCUT2D eigenvalue weighted by Gasteiger charge is 2.69. The number of hydrogen-bond acceptors (Lipinski definition) is 2. The molecule has 1 aliphatic carbocycles. The summed E-state index contributed by atoms with van der Waals surface area (Å²) in [7, 11) is 2.20. The molecule has 0 aromatic rings. The molecule has 2 saturated heterocycles. The van der Waals surface area contributed by atoms with Gasteiger partial charge in [-0.2, -0.15) is 0 Å². The zero-order valence-corrected chi connectivity index (χ0v) is 12.4. The van der Waals surface area contributed by atoms with E-state index in [2.05, 4.69) is 44.5 Å². The molecule has 3 fully saturated rings. The van der Waals surface area contributed by atoms with Crippen LogP contribution in [0.1, 0.15) is 34.1 Å². The number of amides is 1. The smallest absolute Gasteiger partial charge is 0.226 e. The normalized spacial score (nSPS) is 37.9. The second-order valence-corrected chi connectivity index (χ2v) is 7.81. The molecule has 0 aromatic carbocycles. The number of hydrogen-bond donors (Lipinski definition) is 0. The minimum atomic E-state index is 0.173. The van der Waals surface area contributed by atoms with Crippen molar-refractivity contribution < 1.29 is 4.79 Å². The lowest BCUT2D eigenvalue weighted by Crippen LogP contribution is -2.46. The number of fused-ring (bicyclic) bond motifs is 2. The van der Waals surface area contributed by atoms with Gasteiger partial charge in [-0.05, 0) is 30.2 Å². The van der Waals surface area contributed by atoms with Gasteiger partial charge in [0.15, 0.2) is 0 Å². The summed E-state index contributed by atoms with van der Waals surface area (Å²) in [5.41, 5.74) is 0.346. The summed E-state index contributed by atoms with van der Waals surface area (Å²) in [6.45, 7) is 12.1. The Morgan fingerprint density at radius 2 is 1.67 bits per heavy atom. The van der Waals surface area contributed by atoms with E-state index in [0.29, 0.717) is 17.9 Å². The van der Waals surface area contributed by atoms with Gasteiger partial charge in [0.25, 0.3) is 0 Å². The third-order valence-corrected chi connectivity index (χ3v) is 6.26. The van der Waals surface area contributed by atoms with Crippen LogP contribution in [-0.2, 0) is 4.79 Å². The van der Waals surface area contributed by atoms with Crippen LogP contribution in [0.15, 0.2) is 0 Å². The first-order chi connectivity index (χ1) is 8.25. The molecule has 102 valence electrons. The fourth-order valence-electron chi connectivity index (χ4n) is 4.36. The van der Waals surface area contributed by atoms with Crippen LogP contribution in [0, 0.1) is 22.7 Å². The molecule has 0 spiro atoms. The third kappa shape index (κ3) is 1.49. The van der Waals surface area contributed by atoms with E-state index in [1.807, 2.05) is 0 Å². The van der Waals surface area contributed by atoms with Crippen molar-refractivity contribution in [3.63, 3.8) is 0 Å². The molecule has 2 bridgehead atoms. The van der Waals surface area contributed by atoms with Crippen LogP contribution in [-0.4, -0.2) is 48.4 Å². The molecule has 3 rings (SSSR count). The number of carbonyl (C=O) groups is 1. The van der Waals surface area contributed by atoms with Crippen LogP contribution in [0.2, 0.25) is 0 Å². The van der Waals surface area contributed by atoms with E-state index < -0.39 is 0 Å². The van der Waals surface area contributed by atoms with E-state index in [1.54, 1.807) is 0 Å². The molecule has 2 unspecified atom stereocenters. The summed E-state index contributed by atoms with van der Waals surface area (Å²) in [6, 6.07) is 0.609. The minimum absolute atomic E-state index is 0.173. The maximum absolute atomic E-state index is 12.7. The summed E-state index contributed by atoms with van der Waals surface area (Å²) in [6.07, 6.45) is 1.29. The van der Waals surface area contributed by atoms with Crippen LogP contribution in [0.3, 0.4) is 0 Å². The molecule has 2 atom stereocenters. The van der Waals surface area contributed by atoms with Gasteiger partial charge in [-0.15, -0.1) is 0 Å². The van der Waals surface area contributed by atoms with Crippen molar-refractivity contribution in [1.82, 2.24) is 9.80 Å². The van der Waals surface area contributed by atoms with Crippen molar-refractivity contribution in [2.24, 2.45) is 22.7 Å². The number of piperidine rings is 1. The molecule has 3 aliphatic rings. The highest BCUT2D eigenvalue weighted by molar-refractivity contribution is 5.84. The SMILES string of the molecule is CN1CC2CC1CN(C(=O)C1C(C)(C)C1(C)C)C2. The Bertz CT molecular complexity index is 372. The predicted octanol–water partition coefficient (Wildman–Crippen LogP) is 1.83. The maximum Gasteiger partial charge on any atom is 0.226 e. The number of likely N-dealkylation sites (N-methyl/N-ethyl adjacent to an activating group) is 1. The van der Waals surface area contributed by atoms with Gasteiger partial charge in [-0.3, -0.25) is 4.79 Å². The molecule has 18 heavy (non-hydrogen) atoms. The number of rotatable bonds is 1. The predicted molar refractivity (Wildman–Crippen MR) is 72.2 cm³/mol.